The number of aromatic nitrogens is 6. The lowest BCUT2D eigenvalue weighted by atomic mass is 10.2. The topological polar surface area (TPSA) is 104 Å². The van der Waals surface area contributed by atoms with E-state index in [1.165, 1.54) is 30.4 Å². The van der Waals surface area contributed by atoms with Gasteiger partial charge in [0.25, 0.3) is 0 Å². The van der Waals surface area contributed by atoms with Gasteiger partial charge < -0.3 is 0 Å². The Morgan fingerprint density at radius 2 is 1.79 bits per heavy atom. The third-order valence-electron chi connectivity index (χ3n) is 3.80. The van der Waals surface area contributed by atoms with Crippen LogP contribution in [0.3, 0.4) is 0 Å². The third kappa shape index (κ3) is 4.44. The van der Waals surface area contributed by atoms with Crippen LogP contribution < -0.4 is 0 Å². The lowest BCUT2D eigenvalue weighted by molar-refractivity contribution is 0.598. The minimum atomic E-state index is -3.38. The molecule has 8 nitrogen and oxygen atoms in total. The van der Waals surface area contributed by atoms with Crippen LogP contribution in [0.5, 0.6) is 0 Å². The van der Waals surface area contributed by atoms with Crippen molar-refractivity contribution in [1.29, 1.82) is 0 Å². The van der Waals surface area contributed by atoms with Crippen molar-refractivity contribution >= 4 is 33.2 Å². The van der Waals surface area contributed by atoms with E-state index < -0.39 is 9.84 Å². The molecule has 0 amide bonds. The van der Waals surface area contributed by atoms with Gasteiger partial charge in [0.05, 0.1) is 22.3 Å². The van der Waals surface area contributed by atoms with Gasteiger partial charge in [-0.2, -0.15) is 5.10 Å². The van der Waals surface area contributed by atoms with E-state index in [1.807, 2.05) is 12.3 Å². The van der Waals surface area contributed by atoms with Gasteiger partial charge in [0.1, 0.15) is 22.7 Å². The molecule has 4 rings (SSSR count). The summed E-state index contributed by atoms with van der Waals surface area (Å²) in [6.07, 6.45) is 10.7. The maximum atomic E-state index is 11.7. The van der Waals surface area contributed by atoms with Gasteiger partial charge in [-0.25, -0.2) is 33.0 Å². The van der Waals surface area contributed by atoms with Crippen LogP contribution in [0.4, 0.5) is 0 Å². The molecule has 4 aromatic heterocycles. The maximum absolute atomic E-state index is 11.7. The first-order valence-electron chi connectivity index (χ1n) is 8.21. The molecular weight excluding hydrogens is 432 g/mol. The van der Waals surface area contributed by atoms with Gasteiger partial charge in [-0.05, 0) is 24.3 Å². The van der Waals surface area contributed by atoms with Crippen molar-refractivity contribution in [2.24, 2.45) is 0 Å². The van der Waals surface area contributed by atoms with Gasteiger partial charge in [-0.3, -0.25) is 0 Å². The van der Waals surface area contributed by atoms with Crippen molar-refractivity contribution in [2.75, 3.05) is 6.26 Å². The smallest absolute Gasteiger partial charge is 0.192 e. The predicted molar refractivity (Wildman–Crippen MR) is 109 cm³/mol. The van der Waals surface area contributed by atoms with Gasteiger partial charge in [0.2, 0.25) is 0 Å². The van der Waals surface area contributed by atoms with Crippen LogP contribution >= 0.6 is 23.4 Å². The van der Waals surface area contributed by atoms with E-state index in [1.54, 1.807) is 35.4 Å². The molecule has 4 aromatic rings. The van der Waals surface area contributed by atoms with Crippen molar-refractivity contribution in [2.45, 2.75) is 14.9 Å². The summed E-state index contributed by atoms with van der Waals surface area (Å²) >= 11 is 7.32. The van der Waals surface area contributed by atoms with Gasteiger partial charge in [0.15, 0.2) is 14.9 Å². The summed E-state index contributed by atoms with van der Waals surface area (Å²) in [7, 11) is -3.38. The van der Waals surface area contributed by atoms with Crippen LogP contribution in [0.2, 0.25) is 5.02 Å². The lowest BCUT2D eigenvalue weighted by Gasteiger charge is -2.03. The Kier molecular flexibility index (Phi) is 5.31. The largest absolute Gasteiger partial charge is 0.248 e. The molecular formula is C18H13ClN6O2S2. The van der Waals surface area contributed by atoms with Crippen LogP contribution in [0.15, 0.2) is 76.5 Å². The summed E-state index contributed by atoms with van der Waals surface area (Å²) < 4.78 is 25.0. The zero-order valence-corrected chi connectivity index (χ0v) is 17.4. The van der Waals surface area contributed by atoms with Gasteiger partial charge in [-0.15, -0.1) is 0 Å². The third-order valence-corrected chi connectivity index (χ3v) is 5.99. The van der Waals surface area contributed by atoms with Crippen molar-refractivity contribution in [1.82, 2.24) is 29.7 Å². The highest BCUT2D eigenvalue weighted by molar-refractivity contribution is 7.99. The van der Waals surface area contributed by atoms with E-state index in [-0.39, 0.29) is 5.03 Å². The molecule has 0 spiro atoms. The van der Waals surface area contributed by atoms with Gasteiger partial charge >= 0.3 is 0 Å². The Morgan fingerprint density at radius 1 is 1.00 bits per heavy atom. The number of sulfone groups is 1. The van der Waals surface area contributed by atoms with Crippen LogP contribution in [0.25, 0.3) is 16.9 Å². The predicted octanol–water partition coefficient (Wildman–Crippen LogP) is 3.33. The first-order chi connectivity index (χ1) is 13.9. The monoisotopic (exact) mass is 444 g/mol. The lowest BCUT2D eigenvalue weighted by Crippen LogP contribution is -2.00. The number of pyridine rings is 2. The average molecular weight is 445 g/mol. The number of hydrogen-bond donors (Lipinski definition) is 0. The zero-order chi connectivity index (χ0) is 20.4. The highest BCUT2D eigenvalue weighted by Crippen LogP contribution is 2.35. The summed E-state index contributed by atoms with van der Waals surface area (Å²) in [6, 6.07) is 6.71. The fourth-order valence-corrected chi connectivity index (χ4v) is 4.00. The Bertz CT molecular complexity index is 1240. The molecule has 146 valence electrons. The molecule has 11 heteroatoms. The fraction of sp³-hybridized carbons (Fsp3) is 0.0556. The molecule has 0 aliphatic carbocycles. The quantitative estimate of drug-likeness (QED) is 0.461. The summed E-state index contributed by atoms with van der Waals surface area (Å²) in [5, 5.41) is 5.92. The minimum absolute atomic E-state index is 0.00529. The first kappa shape index (κ1) is 19.5. The molecule has 0 saturated heterocycles. The van der Waals surface area contributed by atoms with Crippen LogP contribution in [-0.2, 0) is 9.84 Å². The Hall–Kier alpha value is -2.82. The molecule has 29 heavy (non-hydrogen) atoms. The Balaban J connectivity index is 1.78. The summed E-state index contributed by atoms with van der Waals surface area (Å²) in [4.78, 5) is 17.2. The average Bonchev–Trinajstić information content (AvgIpc) is 3.14. The van der Waals surface area contributed by atoms with Crippen LogP contribution in [0, 0.1) is 0 Å². The molecule has 0 saturated carbocycles. The minimum Gasteiger partial charge on any atom is -0.248 e. The second-order valence-electron chi connectivity index (χ2n) is 5.96. The molecule has 0 bridgehead atoms. The number of halogens is 1. The number of nitrogens with zero attached hydrogens (tertiary/aromatic N) is 6. The first-order valence-corrected chi connectivity index (χ1v) is 11.3. The molecule has 0 aliphatic heterocycles. The van der Waals surface area contributed by atoms with E-state index in [0.29, 0.717) is 22.0 Å². The van der Waals surface area contributed by atoms with E-state index in [2.05, 4.69) is 25.0 Å². The SMILES string of the molecule is CS(=O)(=O)c1ccc(-c2nn(-c3cncnc3)cc2Sc2ccc(Cl)cn2)cn1. The second-order valence-corrected chi connectivity index (χ2v) is 9.42. The maximum Gasteiger partial charge on any atom is 0.192 e. The standard InChI is InChI=1S/C18H13ClN6O2S2/c1-29(26,27)17-5-2-12(6-23-17)18-15(28-16-4-3-13(19)7-22-16)10-25(24-18)14-8-20-11-21-9-14/h2-11H,1H3. The van der Waals surface area contributed by atoms with Crippen molar-refractivity contribution in [3.8, 4) is 16.9 Å². The van der Waals surface area contributed by atoms with E-state index in [0.717, 1.165) is 16.2 Å². The number of hydrogen-bond acceptors (Lipinski definition) is 8. The molecule has 0 atom stereocenters. The molecule has 0 aromatic carbocycles. The van der Waals surface area contributed by atoms with Crippen molar-refractivity contribution < 1.29 is 8.42 Å². The number of rotatable bonds is 5. The summed E-state index contributed by atoms with van der Waals surface area (Å²) in [6.45, 7) is 0. The van der Waals surface area contributed by atoms with Crippen molar-refractivity contribution in [3.05, 3.63) is 66.6 Å². The molecule has 0 fully saturated rings. The van der Waals surface area contributed by atoms with Gasteiger partial charge in [-0.1, -0.05) is 23.4 Å². The van der Waals surface area contributed by atoms with Crippen LogP contribution in [0.1, 0.15) is 0 Å². The van der Waals surface area contributed by atoms with E-state index >= 15 is 0 Å². The van der Waals surface area contributed by atoms with E-state index in [4.69, 9.17) is 11.6 Å². The van der Waals surface area contributed by atoms with Gasteiger partial charge in [0, 0.05) is 30.4 Å². The van der Waals surface area contributed by atoms with Crippen LogP contribution in [-0.4, -0.2) is 44.4 Å². The molecule has 0 radical (unpaired) electrons. The fourth-order valence-electron chi connectivity index (χ4n) is 2.45. The van der Waals surface area contributed by atoms with Crippen molar-refractivity contribution in [3.63, 3.8) is 0 Å². The molecule has 4 heterocycles. The Morgan fingerprint density at radius 3 is 2.41 bits per heavy atom. The highest BCUT2D eigenvalue weighted by atomic mass is 35.5. The molecule has 0 aliphatic rings. The Labute approximate surface area is 176 Å². The summed E-state index contributed by atoms with van der Waals surface area (Å²) in [5.74, 6) is 0. The highest BCUT2D eigenvalue weighted by Gasteiger charge is 2.16. The molecule has 0 unspecified atom stereocenters. The summed E-state index contributed by atoms with van der Waals surface area (Å²) in [5.41, 5.74) is 1.98. The second kappa shape index (κ2) is 7.90. The van der Waals surface area contributed by atoms with E-state index in [9.17, 15) is 8.42 Å². The normalized spacial score (nSPS) is 11.5. The zero-order valence-electron chi connectivity index (χ0n) is 15.0. The molecule has 0 N–H and O–H groups in total.